The zero-order chi connectivity index (χ0) is 22.3. The molecule has 8 heteroatoms. The summed E-state index contributed by atoms with van der Waals surface area (Å²) in [5, 5.41) is 14.6. The van der Waals surface area contributed by atoms with Crippen molar-refractivity contribution < 1.29 is 19.4 Å². The molecule has 4 rings (SSSR count). The topological polar surface area (TPSA) is 83.9 Å². The molecule has 0 radical (unpaired) electrons. The van der Waals surface area contributed by atoms with Crippen LogP contribution in [0.1, 0.15) is 54.3 Å². The number of anilines is 1. The van der Waals surface area contributed by atoms with Crippen molar-refractivity contribution >= 4 is 22.4 Å². The van der Waals surface area contributed by atoms with Crippen LogP contribution >= 0.6 is 11.3 Å². The first kappa shape index (κ1) is 23.0. The fourth-order valence-electron chi connectivity index (χ4n) is 4.25. The first-order chi connectivity index (χ1) is 15.6. The molecule has 0 spiro atoms. The van der Waals surface area contributed by atoms with E-state index in [-0.39, 0.29) is 11.9 Å². The highest BCUT2D eigenvalue weighted by Crippen LogP contribution is 2.27. The number of nitrogens with zero attached hydrogens (tertiary/aromatic N) is 2. The van der Waals surface area contributed by atoms with Crippen LogP contribution in [0.2, 0.25) is 0 Å². The van der Waals surface area contributed by atoms with Gasteiger partial charge in [-0.3, -0.25) is 4.79 Å². The summed E-state index contributed by atoms with van der Waals surface area (Å²) in [6.45, 7) is 5.84. The molecular weight excluding hydrogens is 426 g/mol. The summed E-state index contributed by atoms with van der Waals surface area (Å²) in [4.78, 5) is 20.8. The molecule has 7 nitrogen and oxygen atoms in total. The summed E-state index contributed by atoms with van der Waals surface area (Å²) in [7, 11) is 0. The summed E-state index contributed by atoms with van der Waals surface area (Å²) in [5.74, 6) is 0.316. The number of hydrogen-bond donors (Lipinski definition) is 2. The molecule has 1 atom stereocenters. The number of rotatable bonds is 8. The van der Waals surface area contributed by atoms with E-state index in [4.69, 9.17) is 14.5 Å². The molecule has 32 heavy (non-hydrogen) atoms. The molecule has 1 aliphatic carbocycles. The lowest BCUT2D eigenvalue weighted by Gasteiger charge is -2.26. The van der Waals surface area contributed by atoms with E-state index in [0.29, 0.717) is 24.3 Å². The average molecular weight is 460 g/mol. The molecular formula is C24H33N3O4S. The molecule has 2 aromatic rings. The van der Waals surface area contributed by atoms with E-state index in [1.54, 1.807) is 23.5 Å². The van der Waals surface area contributed by atoms with Crippen molar-refractivity contribution in [2.24, 2.45) is 0 Å². The van der Waals surface area contributed by atoms with Crippen LogP contribution in [0.3, 0.4) is 0 Å². The third-order valence-corrected chi connectivity index (χ3v) is 7.22. The normalized spacial score (nSPS) is 18.4. The molecule has 2 N–H and O–H groups in total. The Morgan fingerprint density at radius 3 is 2.88 bits per heavy atom. The molecule has 1 unspecified atom stereocenters. The summed E-state index contributed by atoms with van der Waals surface area (Å²) in [5.41, 5.74) is 1.61. The monoisotopic (exact) mass is 459 g/mol. The van der Waals surface area contributed by atoms with Gasteiger partial charge in [-0.2, -0.15) is 0 Å². The Labute approximate surface area is 193 Å². The molecule has 1 aliphatic heterocycles. The van der Waals surface area contributed by atoms with Gasteiger partial charge in [-0.15, -0.1) is 11.3 Å². The quantitative estimate of drug-likeness (QED) is 0.630. The van der Waals surface area contributed by atoms with Gasteiger partial charge in [-0.05, 0) is 37.5 Å². The van der Waals surface area contributed by atoms with Crippen LogP contribution in [0.5, 0.6) is 5.75 Å². The van der Waals surface area contributed by atoms with Crippen molar-refractivity contribution in [1.82, 2.24) is 10.3 Å². The number of hydrogen-bond acceptors (Lipinski definition) is 7. The lowest BCUT2D eigenvalue weighted by molar-refractivity contribution is -0.130. The molecule has 174 valence electrons. The van der Waals surface area contributed by atoms with E-state index in [1.165, 1.54) is 11.3 Å². The van der Waals surface area contributed by atoms with Crippen LogP contribution in [0, 0.1) is 6.92 Å². The molecule has 1 saturated carbocycles. The van der Waals surface area contributed by atoms with Crippen molar-refractivity contribution in [3.8, 4) is 5.75 Å². The number of ether oxygens (including phenoxy) is 2. The van der Waals surface area contributed by atoms with Crippen LogP contribution in [-0.4, -0.2) is 54.9 Å². The smallest absolute Gasteiger partial charge is 0.253 e. The Kier molecular flexibility index (Phi) is 8.00. The maximum absolute atomic E-state index is 12.5. The first-order valence-corrected chi connectivity index (χ1v) is 12.4. The lowest BCUT2D eigenvalue weighted by atomic mass is 9.95. The zero-order valence-corrected chi connectivity index (χ0v) is 19.5. The summed E-state index contributed by atoms with van der Waals surface area (Å²) >= 11 is 1.72. The number of aromatic nitrogens is 1. The highest BCUT2D eigenvalue weighted by molar-refractivity contribution is 7.15. The minimum atomic E-state index is -1.18. The number of morpholine rings is 1. The molecule has 2 fully saturated rings. The third kappa shape index (κ3) is 5.99. The SMILES string of the molecule is Cc1sc(N2CCOCC2)nc1CCOc1cccc(C(O)C(=O)NC2CCCCC2)c1. The molecule has 1 amide bonds. The van der Waals surface area contributed by atoms with Gasteiger partial charge < -0.3 is 24.8 Å². The van der Waals surface area contributed by atoms with Gasteiger partial charge >= 0.3 is 0 Å². The third-order valence-electron chi connectivity index (χ3n) is 6.14. The maximum Gasteiger partial charge on any atom is 0.253 e. The van der Waals surface area contributed by atoms with Crippen LogP contribution < -0.4 is 15.0 Å². The van der Waals surface area contributed by atoms with E-state index < -0.39 is 6.10 Å². The summed E-state index contributed by atoms with van der Waals surface area (Å²) in [6.07, 6.45) is 5.01. The minimum absolute atomic E-state index is 0.175. The van der Waals surface area contributed by atoms with Gasteiger partial charge in [-0.1, -0.05) is 31.4 Å². The predicted octanol–water partition coefficient (Wildman–Crippen LogP) is 3.39. The highest BCUT2D eigenvalue weighted by atomic mass is 32.1. The Morgan fingerprint density at radius 2 is 2.09 bits per heavy atom. The number of aliphatic hydroxyl groups is 1. The van der Waals surface area contributed by atoms with Gasteiger partial charge in [-0.25, -0.2) is 4.98 Å². The van der Waals surface area contributed by atoms with Crippen LogP contribution in [0.25, 0.3) is 0 Å². The first-order valence-electron chi connectivity index (χ1n) is 11.6. The summed E-state index contributed by atoms with van der Waals surface area (Å²) < 4.78 is 11.4. The molecule has 2 heterocycles. The summed E-state index contributed by atoms with van der Waals surface area (Å²) in [6, 6.07) is 7.35. The molecule has 1 saturated heterocycles. The minimum Gasteiger partial charge on any atom is -0.493 e. The second kappa shape index (κ2) is 11.1. The van der Waals surface area contributed by atoms with Gasteiger partial charge in [0.05, 0.1) is 25.5 Å². The lowest BCUT2D eigenvalue weighted by Crippen LogP contribution is -2.39. The van der Waals surface area contributed by atoms with E-state index in [1.807, 2.05) is 12.1 Å². The van der Waals surface area contributed by atoms with E-state index in [9.17, 15) is 9.90 Å². The predicted molar refractivity (Wildman–Crippen MR) is 125 cm³/mol. The number of aryl methyl sites for hydroxylation is 1. The van der Waals surface area contributed by atoms with Crippen LogP contribution in [0.15, 0.2) is 24.3 Å². The Bertz CT molecular complexity index is 891. The number of aliphatic hydroxyl groups excluding tert-OH is 1. The second-order valence-corrected chi connectivity index (χ2v) is 9.70. The number of amides is 1. The van der Waals surface area contributed by atoms with Crippen molar-refractivity contribution in [3.05, 3.63) is 40.4 Å². The Morgan fingerprint density at radius 1 is 1.31 bits per heavy atom. The second-order valence-electron chi connectivity index (χ2n) is 8.52. The van der Waals surface area contributed by atoms with E-state index >= 15 is 0 Å². The number of thiazole rings is 1. The van der Waals surface area contributed by atoms with Gasteiger partial charge in [0.25, 0.3) is 5.91 Å². The van der Waals surface area contributed by atoms with Gasteiger partial charge in [0, 0.05) is 30.4 Å². The number of benzene rings is 1. The van der Waals surface area contributed by atoms with Crippen molar-refractivity contribution in [2.75, 3.05) is 37.8 Å². The number of carbonyl (C=O) groups is 1. The molecule has 1 aromatic carbocycles. The highest BCUT2D eigenvalue weighted by Gasteiger charge is 2.22. The molecule has 1 aromatic heterocycles. The van der Waals surface area contributed by atoms with Crippen molar-refractivity contribution in [2.45, 2.75) is 57.6 Å². The van der Waals surface area contributed by atoms with Crippen LogP contribution in [-0.2, 0) is 16.0 Å². The zero-order valence-electron chi connectivity index (χ0n) is 18.7. The fraction of sp³-hybridized carbons (Fsp3) is 0.583. The molecule has 0 bridgehead atoms. The van der Waals surface area contributed by atoms with Gasteiger partial charge in [0.2, 0.25) is 0 Å². The maximum atomic E-state index is 12.5. The van der Waals surface area contributed by atoms with Gasteiger partial charge in [0.1, 0.15) is 5.75 Å². The average Bonchev–Trinajstić information content (AvgIpc) is 3.20. The molecule has 2 aliphatic rings. The largest absolute Gasteiger partial charge is 0.493 e. The Hall–Kier alpha value is -2.16. The van der Waals surface area contributed by atoms with E-state index in [0.717, 1.165) is 62.8 Å². The standard InChI is InChI=1S/C24H33N3O4S/c1-17-21(26-24(32-17)27-11-14-30-15-12-27)10-13-31-20-9-5-6-18(16-20)22(28)23(29)25-19-7-3-2-4-8-19/h5-6,9,16,19,22,28H,2-4,7-8,10-15H2,1H3,(H,25,29). The van der Waals surface area contributed by atoms with Crippen molar-refractivity contribution in [1.29, 1.82) is 0 Å². The van der Waals surface area contributed by atoms with Crippen LogP contribution in [0.4, 0.5) is 5.13 Å². The number of nitrogens with one attached hydrogen (secondary N) is 1. The van der Waals surface area contributed by atoms with Crippen molar-refractivity contribution in [3.63, 3.8) is 0 Å². The number of carbonyl (C=O) groups excluding carboxylic acids is 1. The van der Waals surface area contributed by atoms with E-state index in [2.05, 4.69) is 17.1 Å². The Balaban J connectivity index is 1.29. The fourth-order valence-corrected chi connectivity index (χ4v) is 5.26. The van der Waals surface area contributed by atoms with Gasteiger partial charge in [0.15, 0.2) is 11.2 Å².